The highest BCUT2D eigenvalue weighted by atomic mass is 16.3. The Morgan fingerprint density at radius 3 is 2.44 bits per heavy atom. The van der Waals surface area contributed by atoms with E-state index in [0.29, 0.717) is 11.6 Å². The van der Waals surface area contributed by atoms with Crippen LogP contribution in [0.5, 0.6) is 5.75 Å². The minimum atomic E-state index is -0.626. The molecule has 0 saturated heterocycles. The van der Waals surface area contributed by atoms with E-state index in [-0.39, 0.29) is 5.75 Å². The quantitative estimate of drug-likeness (QED) is 0.864. The van der Waals surface area contributed by atoms with Gasteiger partial charge in [0.2, 0.25) is 0 Å². The molecule has 0 heterocycles. The van der Waals surface area contributed by atoms with Crippen molar-refractivity contribution in [1.29, 1.82) is 0 Å². The van der Waals surface area contributed by atoms with Crippen molar-refractivity contribution in [2.24, 2.45) is 0 Å². The molecule has 2 N–H and O–H groups in total. The second-order valence-electron chi connectivity index (χ2n) is 5.32. The van der Waals surface area contributed by atoms with Crippen molar-refractivity contribution in [2.45, 2.75) is 51.2 Å². The fourth-order valence-corrected chi connectivity index (χ4v) is 2.78. The van der Waals surface area contributed by atoms with Crippen LogP contribution in [0.15, 0.2) is 18.2 Å². The van der Waals surface area contributed by atoms with Gasteiger partial charge in [-0.3, -0.25) is 0 Å². The fraction of sp³-hybridized carbons (Fsp3) is 0.600. The van der Waals surface area contributed by atoms with Gasteiger partial charge in [-0.25, -0.2) is 0 Å². The third-order valence-electron chi connectivity index (χ3n) is 3.99. The number of hydrogen-bond donors (Lipinski definition) is 2. The number of phenols is 1. The van der Waals surface area contributed by atoms with Gasteiger partial charge in [0.15, 0.2) is 0 Å². The lowest BCUT2D eigenvalue weighted by Crippen LogP contribution is -2.33. The molecular formula is C15H23NO2. The van der Waals surface area contributed by atoms with Gasteiger partial charge in [0.25, 0.3) is 0 Å². The molecule has 18 heavy (non-hydrogen) atoms. The Hall–Kier alpha value is -1.22. The summed E-state index contributed by atoms with van der Waals surface area (Å²) >= 11 is 0. The predicted octanol–water partition coefficient (Wildman–Crippen LogP) is 3.21. The van der Waals surface area contributed by atoms with Crippen LogP contribution in [0, 0.1) is 0 Å². The van der Waals surface area contributed by atoms with Crippen LogP contribution in [0.25, 0.3) is 0 Å². The number of aliphatic hydroxyl groups is 1. The van der Waals surface area contributed by atoms with Crippen LogP contribution in [0.3, 0.4) is 0 Å². The maximum absolute atomic E-state index is 9.92. The van der Waals surface area contributed by atoms with Crippen LogP contribution >= 0.6 is 0 Å². The van der Waals surface area contributed by atoms with Gasteiger partial charge in [-0.1, -0.05) is 25.3 Å². The summed E-state index contributed by atoms with van der Waals surface area (Å²) in [5, 5.41) is 19.4. The predicted molar refractivity (Wildman–Crippen MR) is 74.0 cm³/mol. The summed E-state index contributed by atoms with van der Waals surface area (Å²) in [4.78, 5) is 2.25. The second-order valence-corrected chi connectivity index (χ2v) is 5.32. The van der Waals surface area contributed by atoms with Gasteiger partial charge in [-0.15, -0.1) is 0 Å². The smallest absolute Gasteiger partial charge is 0.123 e. The molecular weight excluding hydrogens is 226 g/mol. The van der Waals surface area contributed by atoms with Crippen LogP contribution < -0.4 is 4.90 Å². The molecule has 2 rings (SSSR count). The summed E-state index contributed by atoms with van der Waals surface area (Å²) < 4.78 is 0. The zero-order valence-electron chi connectivity index (χ0n) is 11.3. The van der Waals surface area contributed by atoms with E-state index >= 15 is 0 Å². The van der Waals surface area contributed by atoms with Crippen molar-refractivity contribution in [3.8, 4) is 5.75 Å². The highest BCUT2D eigenvalue weighted by Crippen LogP contribution is 2.31. The monoisotopic (exact) mass is 249 g/mol. The molecule has 0 aliphatic heterocycles. The van der Waals surface area contributed by atoms with E-state index < -0.39 is 6.10 Å². The number of nitrogens with zero attached hydrogens (tertiary/aromatic N) is 1. The molecule has 100 valence electrons. The largest absolute Gasteiger partial charge is 0.507 e. The van der Waals surface area contributed by atoms with Crippen molar-refractivity contribution in [2.75, 3.05) is 11.9 Å². The molecule has 3 nitrogen and oxygen atoms in total. The summed E-state index contributed by atoms with van der Waals surface area (Å²) in [6.07, 6.45) is 5.78. The van der Waals surface area contributed by atoms with E-state index in [4.69, 9.17) is 0 Å². The summed E-state index contributed by atoms with van der Waals surface area (Å²) in [6, 6.07) is 6.14. The molecule has 1 unspecified atom stereocenters. The van der Waals surface area contributed by atoms with Gasteiger partial charge < -0.3 is 15.1 Å². The van der Waals surface area contributed by atoms with Gasteiger partial charge in [-0.05, 0) is 25.8 Å². The molecule has 0 aromatic heterocycles. The lowest BCUT2D eigenvalue weighted by Gasteiger charge is -2.33. The number of aliphatic hydroxyl groups excluding tert-OH is 1. The van der Waals surface area contributed by atoms with Crippen LogP contribution in [0.4, 0.5) is 5.69 Å². The lowest BCUT2D eigenvalue weighted by molar-refractivity contribution is 0.195. The second kappa shape index (κ2) is 5.61. The Morgan fingerprint density at radius 1 is 1.22 bits per heavy atom. The highest BCUT2D eigenvalue weighted by Gasteiger charge is 2.19. The molecule has 1 aliphatic carbocycles. The molecule has 1 saturated carbocycles. The topological polar surface area (TPSA) is 43.7 Å². The number of benzene rings is 1. The highest BCUT2D eigenvalue weighted by molar-refractivity contribution is 5.54. The first-order valence-corrected chi connectivity index (χ1v) is 6.83. The zero-order chi connectivity index (χ0) is 13.1. The van der Waals surface area contributed by atoms with Crippen LogP contribution in [0.1, 0.15) is 50.7 Å². The summed E-state index contributed by atoms with van der Waals surface area (Å²) in [5.41, 5.74) is 1.62. The Balaban J connectivity index is 2.15. The van der Waals surface area contributed by atoms with E-state index in [2.05, 4.69) is 11.9 Å². The van der Waals surface area contributed by atoms with E-state index in [0.717, 1.165) is 5.69 Å². The molecule has 1 fully saturated rings. The minimum Gasteiger partial charge on any atom is -0.507 e. The normalized spacial score (nSPS) is 18.6. The van der Waals surface area contributed by atoms with E-state index in [1.807, 2.05) is 12.1 Å². The molecule has 3 heteroatoms. The zero-order valence-corrected chi connectivity index (χ0v) is 11.3. The Bertz CT molecular complexity index is 397. The molecule has 1 aromatic rings. The van der Waals surface area contributed by atoms with E-state index in [9.17, 15) is 10.2 Å². The van der Waals surface area contributed by atoms with Crippen molar-refractivity contribution in [3.05, 3.63) is 23.8 Å². The number of aromatic hydroxyl groups is 1. The van der Waals surface area contributed by atoms with Gasteiger partial charge in [0.1, 0.15) is 5.75 Å². The van der Waals surface area contributed by atoms with Gasteiger partial charge in [-0.2, -0.15) is 0 Å². The Morgan fingerprint density at radius 2 is 1.89 bits per heavy atom. The van der Waals surface area contributed by atoms with E-state index in [1.54, 1.807) is 13.0 Å². The molecule has 1 aromatic carbocycles. The SMILES string of the molecule is CC(O)c1ccc(N(C)C2CCCCC2)cc1O. The van der Waals surface area contributed by atoms with Crippen molar-refractivity contribution in [3.63, 3.8) is 0 Å². The average Bonchev–Trinajstić information content (AvgIpc) is 2.38. The van der Waals surface area contributed by atoms with E-state index in [1.165, 1.54) is 32.1 Å². The summed E-state index contributed by atoms with van der Waals surface area (Å²) in [7, 11) is 2.09. The maximum Gasteiger partial charge on any atom is 0.123 e. The third kappa shape index (κ3) is 2.78. The van der Waals surface area contributed by atoms with Crippen LogP contribution in [0.2, 0.25) is 0 Å². The average molecular weight is 249 g/mol. The number of rotatable bonds is 3. The number of phenolic OH excluding ortho intramolecular Hbond substituents is 1. The minimum absolute atomic E-state index is 0.185. The number of hydrogen-bond acceptors (Lipinski definition) is 3. The lowest BCUT2D eigenvalue weighted by atomic mass is 9.94. The Labute approximate surface area is 109 Å². The maximum atomic E-state index is 9.92. The molecule has 0 radical (unpaired) electrons. The first-order chi connectivity index (χ1) is 8.59. The first kappa shape index (κ1) is 13.2. The standard InChI is InChI=1S/C15H23NO2/c1-11(17)14-9-8-13(10-15(14)18)16(2)12-6-4-3-5-7-12/h8-12,17-18H,3-7H2,1-2H3. The molecule has 1 atom stereocenters. The number of anilines is 1. The summed E-state index contributed by atoms with van der Waals surface area (Å²) in [6.45, 7) is 1.67. The van der Waals surface area contributed by atoms with Crippen LogP contribution in [-0.2, 0) is 0 Å². The molecule has 0 spiro atoms. The third-order valence-corrected chi connectivity index (χ3v) is 3.99. The van der Waals surface area contributed by atoms with Crippen LogP contribution in [-0.4, -0.2) is 23.3 Å². The van der Waals surface area contributed by atoms with Crippen molar-refractivity contribution >= 4 is 5.69 Å². The summed E-state index contributed by atoms with van der Waals surface area (Å²) in [5.74, 6) is 0.185. The molecule has 0 bridgehead atoms. The molecule has 0 amide bonds. The fourth-order valence-electron chi connectivity index (χ4n) is 2.78. The first-order valence-electron chi connectivity index (χ1n) is 6.83. The molecule has 1 aliphatic rings. The van der Waals surface area contributed by atoms with Crippen molar-refractivity contribution < 1.29 is 10.2 Å². The van der Waals surface area contributed by atoms with Crippen molar-refractivity contribution in [1.82, 2.24) is 0 Å². The Kier molecular flexibility index (Phi) is 4.12. The van der Waals surface area contributed by atoms with Gasteiger partial charge >= 0.3 is 0 Å². The van der Waals surface area contributed by atoms with Gasteiger partial charge in [0.05, 0.1) is 6.10 Å². The van der Waals surface area contributed by atoms with Gasteiger partial charge in [0, 0.05) is 30.4 Å².